The van der Waals surface area contributed by atoms with Crippen LogP contribution in [0.15, 0.2) is 34.9 Å². The zero-order valence-corrected chi connectivity index (χ0v) is 10.6. The van der Waals surface area contributed by atoms with E-state index in [2.05, 4.69) is 26.2 Å². The fourth-order valence-electron chi connectivity index (χ4n) is 1.72. The van der Waals surface area contributed by atoms with Crippen LogP contribution in [-0.2, 0) is 12.6 Å². The molecule has 1 unspecified atom stereocenters. The fourth-order valence-corrected chi connectivity index (χ4v) is 2.40. The van der Waals surface area contributed by atoms with Crippen molar-refractivity contribution in [2.45, 2.75) is 12.5 Å². The Morgan fingerprint density at radius 2 is 2.06 bits per heavy atom. The quantitative estimate of drug-likeness (QED) is 0.914. The largest absolute Gasteiger partial charge is 0.379 e. The molecule has 1 aromatic carbocycles. The third-order valence-electron chi connectivity index (χ3n) is 2.61. The molecule has 4 nitrogen and oxygen atoms in total. The van der Waals surface area contributed by atoms with E-state index in [9.17, 15) is 5.11 Å². The average Bonchev–Trinajstić information content (AvgIpc) is 2.65. The summed E-state index contributed by atoms with van der Waals surface area (Å²) in [5.74, 6) is 0. The first-order chi connectivity index (χ1) is 7.53. The van der Waals surface area contributed by atoms with Crippen molar-refractivity contribution in [2.24, 2.45) is 7.05 Å². The summed E-state index contributed by atoms with van der Waals surface area (Å²) >= 11 is 3.43. The van der Waals surface area contributed by atoms with Crippen molar-refractivity contribution in [1.82, 2.24) is 15.0 Å². The number of rotatable bonds is 2. The fraction of sp³-hybridized carbons (Fsp3) is 0.273. The van der Waals surface area contributed by atoms with E-state index in [1.807, 2.05) is 24.3 Å². The molecule has 0 aliphatic heterocycles. The third-order valence-corrected chi connectivity index (χ3v) is 3.30. The van der Waals surface area contributed by atoms with E-state index < -0.39 is 5.60 Å². The van der Waals surface area contributed by atoms with Gasteiger partial charge in [-0.05, 0) is 13.0 Å². The molecule has 0 bridgehead atoms. The molecule has 0 saturated carbocycles. The van der Waals surface area contributed by atoms with E-state index in [1.165, 1.54) is 0 Å². The van der Waals surface area contributed by atoms with Crippen LogP contribution in [0.5, 0.6) is 0 Å². The molecule has 2 aromatic rings. The second-order valence-electron chi connectivity index (χ2n) is 3.79. The number of benzene rings is 1. The minimum Gasteiger partial charge on any atom is -0.379 e. The van der Waals surface area contributed by atoms with Gasteiger partial charge in [-0.1, -0.05) is 39.3 Å². The van der Waals surface area contributed by atoms with Crippen LogP contribution in [0.3, 0.4) is 0 Å². The first-order valence-electron chi connectivity index (χ1n) is 4.86. The van der Waals surface area contributed by atoms with Gasteiger partial charge in [-0.3, -0.25) is 0 Å². The van der Waals surface area contributed by atoms with Gasteiger partial charge in [-0.25, -0.2) is 4.68 Å². The summed E-state index contributed by atoms with van der Waals surface area (Å²) < 4.78 is 2.43. The number of hydrogen-bond donors (Lipinski definition) is 1. The number of aromatic nitrogens is 3. The Hall–Kier alpha value is -1.20. The minimum atomic E-state index is -1.11. The Balaban J connectivity index is 2.55. The van der Waals surface area contributed by atoms with Gasteiger partial charge in [0.15, 0.2) is 0 Å². The molecule has 0 spiro atoms. The molecule has 0 aliphatic rings. The van der Waals surface area contributed by atoms with Gasteiger partial charge in [0.05, 0.1) is 11.9 Å². The molecule has 1 aromatic heterocycles. The maximum absolute atomic E-state index is 10.6. The second-order valence-corrected chi connectivity index (χ2v) is 4.65. The average molecular weight is 282 g/mol. The summed E-state index contributed by atoms with van der Waals surface area (Å²) in [6, 6.07) is 7.56. The molecule has 84 valence electrons. The van der Waals surface area contributed by atoms with Crippen LogP contribution < -0.4 is 0 Å². The number of nitrogens with zero attached hydrogens (tertiary/aromatic N) is 3. The van der Waals surface area contributed by atoms with Gasteiger partial charge in [0.25, 0.3) is 0 Å². The Morgan fingerprint density at radius 1 is 1.38 bits per heavy atom. The summed E-state index contributed by atoms with van der Waals surface area (Å²) in [4.78, 5) is 0. The normalized spacial score (nSPS) is 14.8. The lowest BCUT2D eigenvalue weighted by molar-refractivity contribution is 0.0921. The highest BCUT2D eigenvalue weighted by Crippen LogP contribution is 2.32. The van der Waals surface area contributed by atoms with E-state index in [-0.39, 0.29) is 0 Å². The maximum Gasteiger partial charge on any atom is 0.131 e. The van der Waals surface area contributed by atoms with Crippen molar-refractivity contribution in [2.75, 3.05) is 0 Å². The second kappa shape index (κ2) is 3.99. The first kappa shape index (κ1) is 11.3. The summed E-state index contributed by atoms with van der Waals surface area (Å²) in [6.45, 7) is 1.73. The van der Waals surface area contributed by atoms with Crippen molar-refractivity contribution < 1.29 is 5.11 Å². The lowest BCUT2D eigenvalue weighted by Gasteiger charge is -2.24. The number of aliphatic hydroxyl groups is 1. The lowest BCUT2D eigenvalue weighted by atomic mass is 9.93. The Bertz CT molecular complexity index is 507. The highest BCUT2D eigenvalue weighted by molar-refractivity contribution is 9.10. The Labute approximate surface area is 102 Å². The lowest BCUT2D eigenvalue weighted by Crippen LogP contribution is -2.26. The molecule has 16 heavy (non-hydrogen) atoms. The van der Waals surface area contributed by atoms with E-state index >= 15 is 0 Å². The third kappa shape index (κ3) is 1.76. The molecule has 5 heteroatoms. The van der Waals surface area contributed by atoms with Crippen molar-refractivity contribution in [1.29, 1.82) is 0 Å². The van der Waals surface area contributed by atoms with Crippen LogP contribution in [0, 0.1) is 0 Å². The standard InChI is InChI=1S/C11H12BrN3O/c1-11(16,10-7-13-14-15(10)2)8-5-3-4-6-9(8)12/h3-7,16H,1-2H3. The van der Waals surface area contributed by atoms with E-state index in [0.29, 0.717) is 5.69 Å². The summed E-state index contributed by atoms with van der Waals surface area (Å²) in [6.07, 6.45) is 1.57. The van der Waals surface area contributed by atoms with Gasteiger partial charge in [0.1, 0.15) is 5.60 Å². The van der Waals surface area contributed by atoms with Crippen LogP contribution >= 0.6 is 15.9 Å². The van der Waals surface area contributed by atoms with Gasteiger partial charge >= 0.3 is 0 Å². The monoisotopic (exact) mass is 281 g/mol. The van der Waals surface area contributed by atoms with E-state index in [0.717, 1.165) is 10.0 Å². The molecule has 0 amide bonds. The molecule has 1 heterocycles. The Kier molecular flexibility index (Phi) is 2.82. The molecule has 0 saturated heterocycles. The molecular weight excluding hydrogens is 270 g/mol. The van der Waals surface area contributed by atoms with Gasteiger partial charge < -0.3 is 5.11 Å². The van der Waals surface area contributed by atoms with Crippen LogP contribution in [-0.4, -0.2) is 20.1 Å². The molecule has 2 rings (SSSR count). The van der Waals surface area contributed by atoms with Gasteiger partial charge in [-0.15, -0.1) is 5.10 Å². The van der Waals surface area contributed by atoms with Crippen LogP contribution in [0.2, 0.25) is 0 Å². The maximum atomic E-state index is 10.6. The van der Waals surface area contributed by atoms with Crippen LogP contribution in [0.1, 0.15) is 18.2 Å². The molecular formula is C11H12BrN3O. The van der Waals surface area contributed by atoms with E-state index in [1.54, 1.807) is 24.9 Å². The zero-order chi connectivity index (χ0) is 11.8. The highest BCUT2D eigenvalue weighted by atomic mass is 79.9. The first-order valence-corrected chi connectivity index (χ1v) is 5.65. The van der Waals surface area contributed by atoms with Crippen LogP contribution in [0.25, 0.3) is 0 Å². The van der Waals surface area contributed by atoms with Crippen molar-refractivity contribution in [3.63, 3.8) is 0 Å². The molecule has 1 N–H and O–H groups in total. The van der Waals surface area contributed by atoms with E-state index in [4.69, 9.17) is 0 Å². The van der Waals surface area contributed by atoms with Crippen LogP contribution in [0.4, 0.5) is 0 Å². The van der Waals surface area contributed by atoms with Crippen molar-refractivity contribution in [3.05, 3.63) is 46.2 Å². The SMILES string of the molecule is Cn1nncc1C(C)(O)c1ccccc1Br. The van der Waals surface area contributed by atoms with Crippen molar-refractivity contribution >= 4 is 15.9 Å². The number of hydrogen-bond acceptors (Lipinski definition) is 3. The predicted octanol–water partition coefficient (Wildman–Crippen LogP) is 1.83. The predicted molar refractivity (Wildman–Crippen MR) is 63.8 cm³/mol. The number of halogens is 1. The molecule has 0 radical (unpaired) electrons. The van der Waals surface area contributed by atoms with Gasteiger partial charge in [0, 0.05) is 17.1 Å². The van der Waals surface area contributed by atoms with Gasteiger partial charge in [0.2, 0.25) is 0 Å². The highest BCUT2D eigenvalue weighted by Gasteiger charge is 2.30. The van der Waals surface area contributed by atoms with Crippen molar-refractivity contribution in [3.8, 4) is 0 Å². The molecule has 0 fully saturated rings. The molecule has 1 atom stereocenters. The summed E-state index contributed by atoms with van der Waals surface area (Å²) in [5.41, 5.74) is 0.332. The topological polar surface area (TPSA) is 50.9 Å². The Morgan fingerprint density at radius 3 is 2.62 bits per heavy atom. The van der Waals surface area contributed by atoms with Gasteiger partial charge in [-0.2, -0.15) is 0 Å². The summed E-state index contributed by atoms with van der Waals surface area (Å²) in [5, 5.41) is 18.2. The molecule has 0 aliphatic carbocycles. The summed E-state index contributed by atoms with van der Waals surface area (Å²) in [7, 11) is 1.76. The number of aryl methyl sites for hydroxylation is 1. The minimum absolute atomic E-state index is 0.652. The zero-order valence-electron chi connectivity index (χ0n) is 9.05. The smallest absolute Gasteiger partial charge is 0.131 e.